The molecule has 0 heterocycles. The molecule has 0 aromatic heterocycles. The highest BCUT2D eigenvalue weighted by molar-refractivity contribution is 4.96. The zero-order valence-electron chi connectivity index (χ0n) is 11.5. The molecule has 2 saturated carbocycles. The fraction of sp³-hybridized carbons (Fsp3) is 1.00. The van der Waals surface area contributed by atoms with E-state index in [0.717, 1.165) is 50.7 Å². The lowest BCUT2D eigenvalue weighted by molar-refractivity contribution is 0.150. The van der Waals surface area contributed by atoms with Gasteiger partial charge in [0.2, 0.25) is 0 Å². The molecule has 2 rings (SSSR count). The zero-order valence-corrected chi connectivity index (χ0v) is 11.5. The number of hydrogen-bond donors (Lipinski definition) is 1. The fourth-order valence-corrected chi connectivity index (χ4v) is 2.67. The molecule has 1 N–H and O–H groups in total. The number of likely N-dealkylation sites (N-methyl/N-ethyl adjacent to an activating group) is 1. The molecule has 0 radical (unpaired) electrons. The summed E-state index contributed by atoms with van der Waals surface area (Å²) in [6.45, 7) is 7.58. The van der Waals surface area contributed by atoms with Crippen LogP contribution in [-0.2, 0) is 4.74 Å². The Hall–Kier alpha value is -0.120. The third kappa shape index (κ3) is 4.57. The summed E-state index contributed by atoms with van der Waals surface area (Å²) in [5.74, 6) is 2.02. The maximum Gasteiger partial charge on any atom is 0.0589 e. The second kappa shape index (κ2) is 6.72. The maximum absolute atomic E-state index is 5.14. The van der Waals surface area contributed by atoms with Crippen LogP contribution in [0.3, 0.4) is 0 Å². The van der Waals surface area contributed by atoms with Gasteiger partial charge in [0.15, 0.2) is 0 Å². The number of ether oxygens (including phenoxy) is 1. The molecule has 2 aliphatic rings. The van der Waals surface area contributed by atoms with Crippen molar-refractivity contribution in [3.05, 3.63) is 0 Å². The van der Waals surface area contributed by atoms with E-state index in [1.54, 1.807) is 7.11 Å². The molecular formula is C14H28N2O. The first-order chi connectivity index (χ1) is 8.35. The predicted octanol–water partition coefficient (Wildman–Crippen LogP) is 1.73. The molecular weight excluding hydrogens is 212 g/mol. The van der Waals surface area contributed by atoms with E-state index in [2.05, 4.69) is 17.1 Å². The highest BCUT2D eigenvalue weighted by Crippen LogP contribution is 2.44. The molecule has 17 heavy (non-hydrogen) atoms. The van der Waals surface area contributed by atoms with Crippen molar-refractivity contribution in [1.82, 2.24) is 10.2 Å². The molecule has 3 nitrogen and oxygen atoms in total. The minimum Gasteiger partial charge on any atom is -0.383 e. The highest BCUT2D eigenvalue weighted by atomic mass is 16.5. The van der Waals surface area contributed by atoms with Gasteiger partial charge in [0, 0.05) is 32.8 Å². The summed E-state index contributed by atoms with van der Waals surface area (Å²) in [6.07, 6.45) is 5.87. The van der Waals surface area contributed by atoms with E-state index in [0.29, 0.717) is 0 Å². The van der Waals surface area contributed by atoms with Crippen LogP contribution in [0.4, 0.5) is 0 Å². The van der Waals surface area contributed by atoms with E-state index < -0.39 is 0 Å². The van der Waals surface area contributed by atoms with Crippen molar-refractivity contribution < 1.29 is 4.74 Å². The van der Waals surface area contributed by atoms with Gasteiger partial charge in [0.05, 0.1) is 6.61 Å². The van der Waals surface area contributed by atoms with Crippen LogP contribution in [0.2, 0.25) is 0 Å². The number of methoxy groups -OCH3 is 1. The standard InChI is InChI=1S/C14H28N2O/c1-3-16(10-11-17-2)9-8-15-14(12-4-5-12)13-6-7-13/h12-15H,3-11H2,1-2H3. The Morgan fingerprint density at radius 2 is 1.82 bits per heavy atom. The Balaban J connectivity index is 1.59. The molecule has 0 atom stereocenters. The van der Waals surface area contributed by atoms with Crippen molar-refractivity contribution in [1.29, 1.82) is 0 Å². The van der Waals surface area contributed by atoms with Gasteiger partial charge in [-0.15, -0.1) is 0 Å². The van der Waals surface area contributed by atoms with Gasteiger partial charge in [-0.1, -0.05) is 6.92 Å². The monoisotopic (exact) mass is 240 g/mol. The first-order valence-electron chi connectivity index (χ1n) is 7.29. The molecule has 0 bridgehead atoms. The molecule has 0 saturated heterocycles. The number of nitrogens with zero attached hydrogens (tertiary/aromatic N) is 1. The van der Waals surface area contributed by atoms with Crippen LogP contribution in [0.25, 0.3) is 0 Å². The number of nitrogens with one attached hydrogen (secondary N) is 1. The summed E-state index contributed by atoms with van der Waals surface area (Å²) in [4.78, 5) is 2.47. The van der Waals surface area contributed by atoms with Crippen molar-refractivity contribution in [3.8, 4) is 0 Å². The van der Waals surface area contributed by atoms with Crippen LogP contribution >= 0.6 is 0 Å². The van der Waals surface area contributed by atoms with Crippen molar-refractivity contribution in [2.75, 3.05) is 39.9 Å². The minimum atomic E-state index is 0.844. The summed E-state index contributed by atoms with van der Waals surface area (Å²) in [6, 6.07) is 0.844. The Kier molecular flexibility index (Phi) is 5.26. The van der Waals surface area contributed by atoms with Crippen LogP contribution in [0.15, 0.2) is 0 Å². The molecule has 0 spiro atoms. The molecule has 100 valence electrons. The Morgan fingerprint density at radius 3 is 2.29 bits per heavy atom. The van der Waals surface area contributed by atoms with Gasteiger partial charge in [0.1, 0.15) is 0 Å². The zero-order chi connectivity index (χ0) is 12.1. The average Bonchev–Trinajstić information content (AvgIpc) is 3.20. The minimum absolute atomic E-state index is 0.844. The first kappa shape index (κ1) is 13.3. The summed E-state index contributed by atoms with van der Waals surface area (Å²) < 4.78 is 5.14. The smallest absolute Gasteiger partial charge is 0.0589 e. The summed E-state index contributed by atoms with van der Waals surface area (Å²) >= 11 is 0. The molecule has 2 aliphatic carbocycles. The number of rotatable bonds is 10. The first-order valence-corrected chi connectivity index (χ1v) is 7.29. The van der Waals surface area contributed by atoms with Gasteiger partial charge < -0.3 is 15.0 Å². The Bertz CT molecular complexity index is 202. The SMILES string of the molecule is CCN(CCNC(C1CC1)C1CC1)CCOC. The van der Waals surface area contributed by atoms with Gasteiger partial charge in [0.25, 0.3) is 0 Å². The predicted molar refractivity (Wildman–Crippen MR) is 71.2 cm³/mol. The fourth-order valence-electron chi connectivity index (χ4n) is 2.67. The lowest BCUT2D eigenvalue weighted by Crippen LogP contribution is -2.40. The van der Waals surface area contributed by atoms with E-state index in [1.807, 2.05) is 0 Å². The van der Waals surface area contributed by atoms with Gasteiger partial charge in [-0.3, -0.25) is 0 Å². The molecule has 0 aromatic carbocycles. The molecule has 0 unspecified atom stereocenters. The van der Waals surface area contributed by atoms with E-state index in [-0.39, 0.29) is 0 Å². The van der Waals surface area contributed by atoms with Crippen molar-refractivity contribution in [2.45, 2.75) is 38.6 Å². The van der Waals surface area contributed by atoms with Crippen LogP contribution < -0.4 is 5.32 Å². The largest absolute Gasteiger partial charge is 0.383 e. The van der Waals surface area contributed by atoms with Crippen molar-refractivity contribution in [3.63, 3.8) is 0 Å². The molecule has 3 heteroatoms. The Morgan fingerprint density at radius 1 is 1.18 bits per heavy atom. The Labute approximate surface area is 106 Å². The maximum atomic E-state index is 5.14. The van der Waals surface area contributed by atoms with Crippen molar-refractivity contribution in [2.24, 2.45) is 11.8 Å². The van der Waals surface area contributed by atoms with Crippen LogP contribution in [0, 0.1) is 11.8 Å². The van der Waals surface area contributed by atoms with E-state index in [4.69, 9.17) is 4.74 Å². The normalized spacial score (nSPS) is 20.5. The van der Waals surface area contributed by atoms with Crippen LogP contribution in [0.1, 0.15) is 32.6 Å². The topological polar surface area (TPSA) is 24.5 Å². The van der Waals surface area contributed by atoms with Gasteiger partial charge in [-0.05, 0) is 44.1 Å². The van der Waals surface area contributed by atoms with Gasteiger partial charge in [-0.2, -0.15) is 0 Å². The van der Waals surface area contributed by atoms with Gasteiger partial charge >= 0.3 is 0 Å². The van der Waals surface area contributed by atoms with Crippen LogP contribution in [-0.4, -0.2) is 50.8 Å². The third-order valence-electron chi connectivity index (χ3n) is 4.13. The van der Waals surface area contributed by atoms with E-state index in [1.165, 1.54) is 25.7 Å². The highest BCUT2D eigenvalue weighted by Gasteiger charge is 2.40. The second-order valence-electron chi connectivity index (χ2n) is 5.58. The molecule has 0 amide bonds. The second-order valence-corrected chi connectivity index (χ2v) is 5.58. The quantitative estimate of drug-likeness (QED) is 0.629. The van der Waals surface area contributed by atoms with E-state index >= 15 is 0 Å². The summed E-state index contributed by atoms with van der Waals surface area (Å²) in [5.41, 5.74) is 0. The number of hydrogen-bond acceptors (Lipinski definition) is 3. The summed E-state index contributed by atoms with van der Waals surface area (Å²) in [5, 5.41) is 3.80. The lowest BCUT2D eigenvalue weighted by atomic mass is 10.1. The molecule has 0 aliphatic heterocycles. The third-order valence-corrected chi connectivity index (χ3v) is 4.13. The van der Waals surface area contributed by atoms with Gasteiger partial charge in [-0.25, -0.2) is 0 Å². The average molecular weight is 240 g/mol. The van der Waals surface area contributed by atoms with E-state index in [9.17, 15) is 0 Å². The lowest BCUT2D eigenvalue weighted by Gasteiger charge is -2.23. The molecule has 0 aromatic rings. The summed E-state index contributed by atoms with van der Waals surface area (Å²) in [7, 11) is 1.78. The van der Waals surface area contributed by atoms with Crippen molar-refractivity contribution >= 4 is 0 Å². The van der Waals surface area contributed by atoms with Crippen LogP contribution in [0.5, 0.6) is 0 Å². The molecule has 2 fully saturated rings.